The predicted molar refractivity (Wildman–Crippen MR) is 97.4 cm³/mol. The molecular formula is C21H13Cl. The van der Waals surface area contributed by atoms with E-state index in [1.807, 2.05) is 0 Å². The smallest absolute Gasteiger partial charge is 0.0566 e. The van der Waals surface area contributed by atoms with Crippen LogP contribution in [0.15, 0.2) is 60.7 Å². The first-order valence-corrected chi connectivity index (χ1v) is 7.88. The molecule has 0 unspecified atom stereocenters. The molecule has 0 nitrogen and oxygen atoms in total. The van der Waals surface area contributed by atoms with Crippen LogP contribution in [0.5, 0.6) is 0 Å². The number of fused-ring (bicyclic) bond motifs is 2. The van der Waals surface area contributed by atoms with Gasteiger partial charge in [-0.2, -0.15) is 0 Å². The second kappa shape index (κ2) is 4.12. The van der Waals surface area contributed by atoms with Gasteiger partial charge in [0.15, 0.2) is 0 Å². The first kappa shape index (κ1) is 12.3. The summed E-state index contributed by atoms with van der Waals surface area (Å²) in [6, 6.07) is 21.7. The van der Waals surface area contributed by atoms with Crippen molar-refractivity contribution in [2.75, 3.05) is 0 Å². The highest BCUT2D eigenvalue weighted by molar-refractivity contribution is 6.45. The van der Waals surface area contributed by atoms with Gasteiger partial charge in [0, 0.05) is 10.8 Å². The Labute approximate surface area is 133 Å². The quantitative estimate of drug-likeness (QED) is 0.220. The van der Waals surface area contributed by atoms with Gasteiger partial charge < -0.3 is 0 Å². The molecule has 22 heavy (non-hydrogen) atoms. The number of benzene rings is 5. The van der Waals surface area contributed by atoms with E-state index in [0.29, 0.717) is 0 Å². The molecule has 0 aliphatic rings. The Bertz CT molecular complexity index is 1170. The van der Waals surface area contributed by atoms with E-state index in [9.17, 15) is 0 Å². The van der Waals surface area contributed by atoms with Crippen molar-refractivity contribution in [3.63, 3.8) is 0 Å². The lowest BCUT2D eigenvalue weighted by atomic mass is 9.90. The van der Waals surface area contributed by atoms with E-state index in [1.54, 1.807) is 0 Å². The van der Waals surface area contributed by atoms with Gasteiger partial charge in [-0.3, -0.25) is 0 Å². The maximum atomic E-state index is 6.80. The summed E-state index contributed by atoms with van der Waals surface area (Å²) in [6.45, 7) is 2.13. The standard InChI is InChI=1S/C21H13Cl/c1-12-4-2-7-15-16-10-8-13-5-3-6-14-9-11-17(20(16)19(13)14)21(22)18(12)15/h2-11H,1H3. The van der Waals surface area contributed by atoms with Gasteiger partial charge in [-0.25, -0.2) is 0 Å². The average molecular weight is 301 g/mol. The van der Waals surface area contributed by atoms with E-state index in [2.05, 4.69) is 67.6 Å². The van der Waals surface area contributed by atoms with Gasteiger partial charge in [0.25, 0.3) is 0 Å². The molecule has 0 heterocycles. The monoisotopic (exact) mass is 300 g/mol. The molecule has 0 amide bonds. The number of hydrogen-bond donors (Lipinski definition) is 0. The summed E-state index contributed by atoms with van der Waals surface area (Å²) in [5, 5.41) is 10.9. The predicted octanol–water partition coefficient (Wildman–Crippen LogP) is 6.70. The lowest BCUT2D eigenvalue weighted by Crippen LogP contribution is -1.88. The van der Waals surface area contributed by atoms with Gasteiger partial charge in [0.05, 0.1) is 5.02 Å². The Morgan fingerprint density at radius 3 is 2.00 bits per heavy atom. The summed E-state index contributed by atoms with van der Waals surface area (Å²) >= 11 is 6.80. The fraction of sp³-hybridized carbons (Fsp3) is 0.0476. The third-order valence-corrected chi connectivity index (χ3v) is 5.19. The molecule has 1 heteroatoms. The Balaban J connectivity index is 2.25. The van der Waals surface area contributed by atoms with Gasteiger partial charge >= 0.3 is 0 Å². The highest BCUT2D eigenvalue weighted by Gasteiger charge is 2.15. The highest BCUT2D eigenvalue weighted by atomic mass is 35.5. The molecule has 0 saturated carbocycles. The molecule has 0 fully saturated rings. The molecule has 5 aromatic rings. The minimum Gasteiger partial charge on any atom is -0.0830 e. The molecule has 0 radical (unpaired) electrons. The Hall–Kier alpha value is -2.31. The largest absolute Gasteiger partial charge is 0.0830 e. The highest BCUT2D eigenvalue weighted by Crippen LogP contribution is 2.43. The van der Waals surface area contributed by atoms with Crippen LogP contribution >= 0.6 is 11.6 Å². The van der Waals surface area contributed by atoms with Crippen molar-refractivity contribution in [1.82, 2.24) is 0 Å². The molecule has 0 saturated heterocycles. The summed E-state index contributed by atoms with van der Waals surface area (Å²) in [4.78, 5) is 0. The molecule has 0 spiro atoms. The van der Waals surface area contributed by atoms with Gasteiger partial charge in [-0.15, -0.1) is 0 Å². The number of aryl methyl sites for hydroxylation is 1. The van der Waals surface area contributed by atoms with Crippen molar-refractivity contribution in [1.29, 1.82) is 0 Å². The first-order valence-electron chi connectivity index (χ1n) is 7.50. The Kier molecular flexibility index (Phi) is 2.29. The maximum Gasteiger partial charge on any atom is 0.0566 e. The molecule has 0 N–H and O–H groups in total. The third-order valence-electron chi connectivity index (χ3n) is 4.80. The zero-order chi connectivity index (χ0) is 14.8. The van der Waals surface area contributed by atoms with Crippen LogP contribution in [0, 0.1) is 6.92 Å². The van der Waals surface area contributed by atoms with Crippen molar-refractivity contribution in [3.05, 3.63) is 71.2 Å². The molecule has 5 rings (SSSR count). The lowest BCUT2D eigenvalue weighted by Gasteiger charge is -2.15. The van der Waals surface area contributed by atoms with Crippen LogP contribution in [0.1, 0.15) is 5.56 Å². The van der Waals surface area contributed by atoms with E-state index < -0.39 is 0 Å². The van der Waals surface area contributed by atoms with Gasteiger partial charge in [-0.1, -0.05) is 72.3 Å². The number of halogens is 1. The molecule has 5 aromatic carbocycles. The van der Waals surface area contributed by atoms with E-state index in [4.69, 9.17) is 11.6 Å². The van der Waals surface area contributed by atoms with Gasteiger partial charge in [0.2, 0.25) is 0 Å². The normalized spacial score (nSPS) is 12.1. The minimum absolute atomic E-state index is 0.874. The molecule has 0 aliphatic carbocycles. The summed E-state index contributed by atoms with van der Waals surface area (Å²) < 4.78 is 0. The maximum absolute atomic E-state index is 6.80. The van der Waals surface area contributed by atoms with Crippen LogP contribution in [0.3, 0.4) is 0 Å². The molecule has 0 atom stereocenters. The van der Waals surface area contributed by atoms with Crippen molar-refractivity contribution in [2.24, 2.45) is 0 Å². The van der Waals surface area contributed by atoms with Crippen molar-refractivity contribution in [2.45, 2.75) is 6.92 Å². The van der Waals surface area contributed by atoms with E-state index in [-0.39, 0.29) is 0 Å². The van der Waals surface area contributed by atoms with E-state index in [1.165, 1.54) is 43.3 Å². The minimum atomic E-state index is 0.874. The topological polar surface area (TPSA) is 0 Å². The summed E-state index contributed by atoms with van der Waals surface area (Å²) in [7, 11) is 0. The lowest BCUT2D eigenvalue weighted by molar-refractivity contribution is 1.54. The molecule has 104 valence electrons. The fourth-order valence-corrected chi connectivity index (χ4v) is 4.22. The SMILES string of the molecule is Cc1cccc2c1c(Cl)c1ccc3cccc4ccc2c1c34. The van der Waals surface area contributed by atoms with Crippen LogP contribution in [0.4, 0.5) is 0 Å². The number of rotatable bonds is 0. The van der Waals surface area contributed by atoms with Gasteiger partial charge in [-0.05, 0) is 44.8 Å². The first-order chi connectivity index (χ1) is 10.8. The second-order valence-corrected chi connectivity index (χ2v) is 6.37. The summed E-state index contributed by atoms with van der Waals surface area (Å²) in [5.74, 6) is 0. The van der Waals surface area contributed by atoms with Crippen LogP contribution < -0.4 is 0 Å². The molecular weight excluding hydrogens is 288 g/mol. The fourth-order valence-electron chi connectivity index (χ4n) is 3.81. The summed E-state index contributed by atoms with van der Waals surface area (Å²) in [6.07, 6.45) is 0. The Morgan fingerprint density at radius 2 is 1.23 bits per heavy atom. The van der Waals surface area contributed by atoms with E-state index >= 15 is 0 Å². The van der Waals surface area contributed by atoms with Gasteiger partial charge in [0.1, 0.15) is 0 Å². The zero-order valence-electron chi connectivity index (χ0n) is 12.2. The van der Waals surface area contributed by atoms with Crippen LogP contribution in [0.2, 0.25) is 5.02 Å². The van der Waals surface area contributed by atoms with Crippen LogP contribution in [-0.4, -0.2) is 0 Å². The summed E-state index contributed by atoms with van der Waals surface area (Å²) in [5.41, 5.74) is 1.23. The molecule has 0 aliphatic heterocycles. The average Bonchev–Trinajstić information content (AvgIpc) is 2.55. The van der Waals surface area contributed by atoms with Crippen molar-refractivity contribution >= 4 is 54.7 Å². The molecule has 0 aromatic heterocycles. The zero-order valence-corrected chi connectivity index (χ0v) is 12.9. The number of hydrogen-bond acceptors (Lipinski definition) is 0. The van der Waals surface area contributed by atoms with Crippen molar-refractivity contribution < 1.29 is 0 Å². The second-order valence-electron chi connectivity index (χ2n) is 5.99. The third kappa shape index (κ3) is 1.38. The molecule has 0 bridgehead atoms. The van der Waals surface area contributed by atoms with Crippen LogP contribution in [-0.2, 0) is 0 Å². The van der Waals surface area contributed by atoms with E-state index in [0.717, 1.165) is 10.4 Å². The van der Waals surface area contributed by atoms with Crippen molar-refractivity contribution in [3.8, 4) is 0 Å². The van der Waals surface area contributed by atoms with Crippen LogP contribution in [0.25, 0.3) is 43.1 Å². The Morgan fingerprint density at radius 1 is 0.591 bits per heavy atom.